The third kappa shape index (κ3) is 70.9. The van der Waals surface area contributed by atoms with E-state index < -0.39 is 97.5 Å². The summed E-state index contributed by atoms with van der Waals surface area (Å²) in [6, 6.07) is 0. The lowest BCUT2D eigenvalue weighted by atomic mass is 10.1. The molecular weight excluding hydrogens is 1280 g/mol. The van der Waals surface area contributed by atoms with Gasteiger partial charge in [-0.3, -0.25) is 37.3 Å². The largest absolute Gasteiger partial charge is 0.472 e. The average molecular weight is 1430 g/mol. The molecule has 17 nitrogen and oxygen atoms in total. The van der Waals surface area contributed by atoms with Crippen LogP contribution in [0, 0.1) is 0 Å². The van der Waals surface area contributed by atoms with E-state index in [4.69, 9.17) is 37.0 Å². The van der Waals surface area contributed by atoms with Crippen LogP contribution in [0.5, 0.6) is 0 Å². The molecule has 0 bridgehead atoms. The van der Waals surface area contributed by atoms with Gasteiger partial charge in [0.2, 0.25) is 0 Å². The molecule has 0 saturated carbocycles. The number of ether oxygens (including phenoxy) is 4. The number of phosphoric acid groups is 2. The van der Waals surface area contributed by atoms with E-state index in [0.29, 0.717) is 25.7 Å². The number of carbonyl (C=O) groups excluding carboxylic acids is 4. The molecule has 3 N–H and O–H groups in total. The number of esters is 4. The molecule has 0 spiro atoms. The van der Waals surface area contributed by atoms with Crippen molar-refractivity contribution in [3.05, 3.63) is 72.9 Å². The molecule has 19 heteroatoms. The molecule has 0 radical (unpaired) electrons. The van der Waals surface area contributed by atoms with Crippen molar-refractivity contribution >= 4 is 39.5 Å². The van der Waals surface area contributed by atoms with Crippen molar-refractivity contribution in [2.75, 3.05) is 39.6 Å². The van der Waals surface area contributed by atoms with Crippen molar-refractivity contribution < 1.29 is 80.2 Å². The Morgan fingerprint density at radius 3 is 0.776 bits per heavy atom. The molecular formula is C79H142O17P2. The molecule has 0 heterocycles. The summed E-state index contributed by atoms with van der Waals surface area (Å²) in [5.41, 5.74) is 0. The second-order valence-electron chi connectivity index (χ2n) is 26.3. The summed E-state index contributed by atoms with van der Waals surface area (Å²) in [5.74, 6) is -2.21. The quantitative estimate of drug-likeness (QED) is 0.0128. The Balaban J connectivity index is 5.36. The maximum absolute atomic E-state index is 13.1. The van der Waals surface area contributed by atoms with Crippen molar-refractivity contribution in [1.82, 2.24) is 0 Å². The Labute approximate surface area is 596 Å². The molecule has 5 atom stereocenters. The Hall–Kier alpha value is -3.50. The van der Waals surface area contributed by atoms with Crippen LogP contribution >= 0.6 is 15.6 Å². The predicted octanol–water partition coefficient (Wildman–Crippen LogP) is 22.4. The first-order chi connectivity index (χ1) is 47.7. The SMILES string of the molecule is CCCCCC/C=C\C=C/CCCCCCCC(=O)OC[C@H](COP(=O)(O)OC[C@H](O)COP(=O)(O)OC[C@@H](COC(=O)CCCCCCC/C=C\CCCCCCCC)OC(=O)CCCCCCC/C=C\CCCCCC)OC(=O)CCCCCCC/C=C\C=C/CCCCCC. The highest BCUT2D eigenvalue weighted by Gasteiger charge is 2.30. The van der Waals surface area contributed by atoms with Crippen LogP contribution in [-0.2, 0) is 65.4 Å². The zero-order chi connectivity index (χ0) is 71.8. The van der Waals surface area contributed by atoms with Gasteiger partial charge >= 0.3 is 39.5 Å². The first-order valence-electron chi connectivity index (χ1n) is 39.2. The fourth-order valence-electron chi connectivity index (χ4n) is 10.6. The Morgan fingerprint density at radius 2 is 0.500 bits per heavy atom. The van der Waals surface area contributed by atoms with E-state index in [1.807, 2.05) is 0 Å². The van der Waals surface area contributed by atoms with Gasteiger partial charge in [0.1, 0.15) is 19.3 Å². The maximum Gasteiger partial charge on any atom is 0.472 e. The highest BCUT2D eigenvalue weighted by atomic mass is 31.2. The van der Waals surface area contributed by atoms with E-state index in [1.165, 1.54) is 116 Å². The van der Waals surface area contributed by atoms with E-state index in [9.17, 15) is 43.2 Å². The highest BCUT2D eigenvalue weighted by molar-refractivity contribution is 7.47. The summed E-state index contributed by atoms with van der Waals surface area (Å²) in [7, 11) is -9.95. The molecule has 0 aromatic rings. The van der Waals surface area contributed by atoms with Gasteiger partial charge in [-0.25, -0.2) is 9.13 Å². The minimum absolute atomic E-state index is 0.0759. The zero-order valence-corrected chi connectivity index (χ0v) is 64.0. The van der Waals surface area contributed by atoms with Crippen molar-refractivity contribution in [2.24, 2.45) is 0 Å². The molecule has 0 rings (SSSR count). The second kappa shape index (κ2) is 71.9. The van der Waals surface area contributed by atoms with Crippen LogP contribution in [-0.4, -0.2) is 96.7 Å². The van der Waals surface area contributed by atoms with Crippen molar-refractivity contribution in [3.8, 4) is 0 Å². The van der Waals surface area contributed by atoms with Gasteiger partial charge in [-0.2, -0.15) is 0 Å². The van der Waals surface area contributed by atoms with Gasteiger partial charge in [0.15, 0.2) is 12.2 Å². The van der Waals surface area contributed by atoms with Gasteiger partial charge in [-0.05, 0) is 128 Å². The predicted molar refractivity (Wildman–Crippen MR) is 400 cm³/mol. The molecule has 0 aliphatic heterocycles. The van der Waals surface area contributed by atoms with Crippen molar-refractivity contribution in [1.29, 1.82) is 0 Å². The number of aliphatic hydroxyl groups is 1. The third-order valence-corrected chi connectivity index (χ3v) is 18.6. The topological polar surface area (TPSA) is 237 Å². The van der Waals surface area contributed by atoms with E-state index in [1.54, 1.807) is 0 Å². The monoisotopic (exact) mass is 1420 g/mol. The number of carbonyl (C=O) groups is 4. The van der Waals surface area contributed by atoms with E-state index in [-0.39, 0.29) is 25.7 Å². The molecule has 0 aliphatic rings. The van der Waals surface area contributed by atoms with Crippen LogP contribution in [0.15, 0.2) is 72.9 Å². The Kier molecular flexibility index (Phi) is 69.3. The van der Waals surface area contributed by atoms with Gasteiger partial charge in [-0.15, -0.1) is 0 Å². The van der Waals surface area contributed by atoms with Crippen LogP contribution in [0.25, 0.3) is 0 Å². The number of allylic oxidation sites excluding steroid dienone is 12. The number of unbranched alkanes of at least 4 members (excludes halogenated alkanes) is 38. The van der Waals surface area contributed by atoms with Crippen LogP contribution in [0.4, 0.5) is 0 Å². The smallest absolute Gasteiger partial charge is 0.462 e. The van der Waals surface area contributed by atoms with Gasteiger partial charge in [0.25, 0.3) is 0 Å². The summed E-state index contributed by atoms with van der Waals surface area (Å²) in [4.78, 5) is 72.9. The Morgan fingerprint density at radius 1 is 0.286 bits per heavy atom. The lowest BCUT2D eigenvalue weighted by molar-refractivity contribution is -0.161. The summed E-state index contributed by atoms with van der Waals surface area (Å²) in [5, 5.41) is 10.6. The number of phosphoric ester groups is 2. The molecule has 0 aromatic carbocycles. The van der Waals surface area contributed by atoms with Crippen LogP contribution < -0.4 is 0 Å². The molecule has 0 amide bonds. The van der Waals surface area contributed by atoms with Gasteiger partial charge in [-0.1, -0.05) is 268 Å². The molecule has 0 fully saturated rings. The summed E-state index contributed by atoms with van der Waals surface area (Å²) in [6.07, 6.45) is 71.6. The normalized spacial score (nSPS) is 14.3. The van der Waals surface area contributed by atoms with E-state index in [0.717, 1.165) is 154 Å². The van der Waals surface area contributed by atoms with Crippen LogP contribution in [0.2, 0.25) is 0 Å². The summed E-state index contributed by atoms with van der Waals surface area (Å²) in [6.45, 7) is 4.80. The second-order valence-corrected chi connectivity index (χ2v) is 29.3. The van der Waals surface area contributed by atoms with E-state index in [2.05, 4.69) is 101 Å². The molecule has 0 saturated heterocycles. The number of aliphatic hydroxyl groups excluding tert-OH is 1. The van der Waals surface area contributed by atoms with Crippen LogP contribution in [0.3, 0.4) is 0 Å². The highest BCUT2D eigenvalue weighted by Crippen LogP contribution is 2.45. The molecule has 2 unspecified atom stereocenters. The first kappa shape index (κ1) is 94.5. The van der Waals surface area contributed by atoms with Crippen molar-refractivity contribution in [3.63, 3.8) is 0 Å². The number of rotatable bonds is 74. The van der Waals surface area contributed by atoms with Crippen LogP contribution in [0.1, 0.15) is 349 Å². The lowest BCUT2D eigenvalue weighted by Gasteiger charge is -2.21. The van der Waals surface area contributed by atoms with Gasteiger partial charge in [0.05, 0.1) is 26.4 Å². The van der Waals surface area contributed by atoms with Crippen molar-refractivity contribution in [2.45, 2.75) is 367 Å². The lowest BCUT2D eigenvalue weighted by Crippen LogP contribution is -2.30. The van der Waals surface area contributed by atoms with Gasteiger partial charge < -0.3 is 33.8 Å². The molecule has 0 aliphatic carbocycles. The van der Waals surface area contributed by atoms with E-state index >= 15 is 0 Å². The minimum atomic E-state index is -4.98. The fourth-order valence-corrected chi connectivity index (χ4v) is 12.2. The maximum atomic E-state index is 13.1. The first-order valence-corrected chi connectivity index (χ1v) is 42.2. The summed E-state index contributed by atoms with van der Waals surface area (Å²) < 4.78 is 68.5. The third-order valence-electron chi connectivity index (χ3n) is 16.7. The summed E-state index contributed by atoms with van der Waals surface area (Å²) >= 11 is 0. The minimum Gasteiger partial charge on any atom is -0.462 e. The Bertz CT molecular complexity index is 2140. The number of hydrogen-bond acceptors (Lipinski definition) is 15. The zero-order valence-electron chi connectivity index (χ0n) is 62.2. The fraction of sp³-hybridized carbons (Fsp3) is 0.797. The number of hydrogen-bond donors (Lipinski definition) is 3. The molecule has 570 valence electrons. The van der Waals surface area contributed by atoms with Gasteiger partial charge in [0, 0.05) is 25.7 Å². The molecule has 98 heavy (non-hydrogen) atoms. The average Bonchev–Trinajstić information content (AvgIpc) is 1.04. The molecule has 0 aromatic heterocycles. The standard InChI is InChI=1S/C79H142O17P2/c1-5-9-13-17-21-25-29-33-36-40-43-47-51-55-59-63-76(81)89-69-74(95-78(83)65-61-57-53-49-45-39-32-28-24-20-16-12-8-4)71-93-97(85,86)91-67-73(80)68-92-98(87,88)94-72-75(96-79(84)66-62-58-54-50-46-42-38-35-31-27-23-19-15-11-7-3)70-90-77(82)64-60-56-52-48-44-41-37-34-30-26-22-18-14-10-6-2/h26-28,30-38,73-75,80H,5-25,29,39-72H2,1-4H3,(H,85,86)(H,87,88)/b30-26-,31-27-,32-28-,36-33-,37-34-,38-35-/t73-,74-,75-/m1/s1.